The maximum absolute atomic E-state index is 12.2. The highest BCUT2D eigenvalue weighted by Crippen LogP contribution is 2.32. The first-order chi connectivity index (χ1) is 8.38. The summed E-state index contributed by atoms with van der Waals surface area (Å²) in [5.41, 5.74) is 0.620. The molecule has 0 N–H and O–H groups in total. The molecular formula is C13H21N3O2. The maximum atomic E-state index is 12.2. The molecule has 100 valence electrons. The van der Waals surface area contributed by atoms with Crippen LogP contribution in [0.25, 0.3) is 0 Å². The van der Waals surface area contributed by atoms with Crippen molar-refractivity contribution in [2.45, 2.75) is 45.3 Å². The first-order valence-corrected chi connectivity index (χ1v) is 6.36. The monoisotopic (exact) mass is 251 g/mol. The minimum atomic E-state index is -0.448. The number of amides is 1. The number of carbonyl (C=O) groups excluding carboxylic acids is 1. The Balaban J connectivity index is 2.13. The molecule has 5 heteroatoms. The highest BCUT2D eigenvalue weighted by Gasteiger charge is 2.34. The molecule has 1 amide bonds. The fourth-order valence-corrected chi connectivity index (χ4v) is 2.32. The van der Waals surface area contributed by atoms with Crippen molar-refractivity contribution in [3.63, 3.8) is 0 Å². The van der Waals surface area contributed by atoms with E-state index in [9.17, 15) is 4.79 Å². The molecule has 0 unspecified atom stereocenters. The van der Waals surface area contributed by atoms with Gasteiger partial charge in [-0.1, -0.05) is 0 Å². The van der Waals surface area contributed by atoms with E-state index in [0.29, 0.717) is 0 Å². The van der Waals surface area contributed by atoms with Gasteiger partial charge in [-0.3, -0.25) is 9.58 Å². The van der Waals surface area contributed by atoms with E-state index >= 15 is 0 Å². The van der Waals surface area contributed by atoms with Crippen LogP contribution in [0.3, 0.4) is 0 Å². The summed E-state index contributed by atoms with van der Waals surface area (Å²) in [6, 6.07) is 2.06. The third-order valence-electron chi connectivity index (χ3n) is 3.08. The lowest BCUT2D eigenvalue weighted by molar-refractivity contribution is 0.0219. The van der Waals surface area contributed by atoms with E-state index in [-0.39, 0.29) is 12.1 Å². The first kappa shape index (κ1) is 12.9. The molecule has 0 aliphatic carbocycles. The standard InChI is InChI=1S/C13H21N3O2/c1-13(2,3)18-12(17)16-9-5-6-11(16)10-7-8-14-15(10)4/h7-8,11H,5-6,9H2,1-4H3/t11-/m0/s1. The van der Waals surface area contributed by atoms with E-state index < -0.39 is 5.60 Å². The largest absolute Gasteiger partial charge is 0.444 e. The molecule has 1 saturated heterocycles. The number of aryl methyl sites for hydroxylation is 1. The third-order valence-corrected chi connectivity index (χ3v) is 3.08. The van der Waals surface area contributed by atoms with Crippen LogP contribution in [0.15, 0.2) is 12.3 Å². The predicted molar refractivity (Wildman–Crippen MR) is 68.1 cm³/mol. The van der Waals surface area contributed by atoms with E-state index in [1.165, 1.54) is 0 Å². The Hall–Kier alpha value is -1.52. The summed E-state index contributed by atoms with van der Waals surface area (Å²) in [7, 11) is 1.90. The first-order valence-electron chi connectivity index (χ1n) is 6.36. The zero-order valence-corrected chi connectivity index (χ0v) is 11.5. The molecule has 1 fully saturated rings. The van der Waals surface area contributed by atoms with Crippen molar-refractivity contribution in [3.8, 4) is 0 Å². The summed E-state index contributed by atoms with van der Waals surface area (Å²) in [6.07, 6.45) is 3.51. The van der Waals surface area contributed by atoms with E-state index in [1.54, 1.807) is 6.20 Å². The maximum Gasteiger partial charge on any atom is 0.410 e. The van der Waals surface area contributed by atoms with Crippen LogP contribution in [0.2, 0.25) is 0 Å². The van der Waals surface area contributed by atoms with Gasteiger partial charge in [0.2, 0.25) is 0 Å². The molecule has 5 nitrogen and oxygen atoms in total. The summed E-state index contributed by atoms with van der Waals surface area (Å²) in [5, 5.41) is 4.17. The highest BCUT2D eigenvalue weighted by molar-refractivity contribution is 5.69. The van der Waals surface area contributed by atoms with Crippen LogP contribution in [0, 0.1) is 0 Å². The molecule has 0 spiro atoms. The molecule has 0 saturated carbocycles. The van der Waals surface area contributed by atoms with Crippen molar-refractivity contribution in [2.24, 2.45) is 7.05 Å². The fourth-order valence-electron chi connectivity index (χ4n) is 2.32. The minimum absolute atomic E-state index is 0.0901. The molecule has 1 aromatic heterocycles. The van der Waals surface area contributed by atoms with Gasteiger partial charge in [0.05, 0.1) is 11.7 Å². The van der Waals surface area contributed by atoms with Crippen LogP contribution in [-0.2, 0) is 11.8 Å². The van der Waals surface area contributed by atoms with Gasteiger partial charge in [-0.15, -0.1) is 0 Å². The van der Waals surface area contributed by atoms with Gasteiger partial charge in [-0.2, -0.15) is 5.10 Å². The van der Waals surface area contributed by atoms with E-state index in [4.69, 9.17) is 4.74 Å². The van der Waals surface area contributed by atoms with Crippen LogP contribution in [0.1, 0.15) is 45.3 Å². The van der Waals surface area contributed by atoms with Crippen molar-refractivity contribution in [1.29, 1.82) is 0 Å². The number of hydrogen-bond acceptors (Lipinski definition) is 3. The van der Waals surface area contributed by atoms with Gasteiger partial charge in [-0.05, 0) is 39.7 Å². The summed E-state index contributed by atoms with van der Waals surface area (Å²) < 4.78 is 7.27. The van der Waals surface area contributed by atoms with Gasteiger partial charge in [0, 0.05) is 19.8 Å². The van der Waals surface area contributed by atoms with Crippen LogP contribution in [0.4, 0.5) is 4.79 Å². The van der Waals surface area contributed by atoms with Gasteiger partial charge in [0.1, 0.15) is 5.60 Å². The van der Waals surface area contributed by atoms with Crippen molar-refractivity contribution >= 4 is 6.09 Å². The smallest absolute Gasteiger partial charge is 0.410 e. The summed E-state index contributed by atoms with van der Waals surface area (Å²) >= 11 is 0. The molecule has 2 rings (SSSR count). The molecule has 1 atom stereocenters. The van der Waals surface area contributed by atoms with Gasteiger partial charge in [0.15, 0.2) is 0 Å². The van der Waals surface area contributed by atoms with E-state index in [2.05, 4.69) is 5.10 Å². The third kappa shape index (κ3) is 2.66. The Bertz CT molecular complexity index is 434. The highest BCUT2D eigenvalue weighted by atomic mass is 16.6. The van der Waals surface area contributed by atoms with Crippen molar-refractivity contribution in [3.05, 3.63) is 18.0 Å². The quantitative estimate of drug-likeness (QED) is 0.770. The molecule has 2 heterocycles. The number of rotatable bonds is 1. The number of hydrogen-bond donors (Lipinski definition) is 0. The lowest BCUT2D eigenvalue weighted by atomic mass is 10.1. The molecule has 1 aromatic rings. The lowest BCUT2D eigenvalue weighted by Gasteiger charge is -2.28. The van der Waals surface area contributed by atoms with Gasteiger partial charge < -0.3 is 4.74 Å². The Kier molecular flexibility index (Phi) is 3.32. The van der Waals surface area contributed by atoms with Crippen molar-refractivity contribution in [1.82, 2.24) is 14.7 Å². The second-order valence-corrected chi connectivity index (χ2v) is 5.71. The predicted octanol–water partition coefficient (Wildman–Crippen LogP) is 2.49. The summed E-state index contributed by atoms with van der Waals surface area (Å²) in [5.74, 6) is 0. The molecule has 1 aliphatic rings. The Labute approximate surface area is 108 Å². The normalized spacial score (nSPS) is 20.2. The molecule has 1 aliphatic heterocycles. The molecule has 0 radical (unpaired) electrons. The Morgan fingerprint density at radius 3 is 2.78 bits per heavy atom. The van der Waals surface area contributed by atoms with Crippen LogP contribution in [-0.4, -0.2) is 32.9 Å². The Morgan fingerprint density at radius 2 is 2.22 bits per heavy atom. The van der Waals surface area contributed by atoms with Crippen LogP contribution < -0.4 is 0 Å². The number of likely N-dealkylation sites (tertiary alicyclic amines) is 1. The van der Waals surface area contributed by atoms with E-state index in [0.717, 1.165) is 25.1 Å². The molecule has 0 bridgehead atoms. The lowest BCUT2D eigenvalue weighted by Crippen LogP contribution is -2.36. The fraction of sp³-hybridized carbons (Fsp3) is 0.692. The number of ether oxygens (including phenoxy) is 1. The minimum Gasteiger partial charge on any atom is -0.444 e. The zero-order valence-electron chi connectivity index (χ0n) is 11.5. The SMILES string of the molecule is Cn1nccc1[C@@H]1CCCN1C(=O)OC(C)(C)C. The zero-order chi connectivity index (χ0) is 13.3. The average molecular weight is 251 g/mol. The Morgan fingerprint density at radius 1 is 1.50 bits per heavy atom. The van der Waals surface area contributed by atoms with Gasteiger partial charge >= 0.3 is 6.09 Å². The average Bonchev–Trinajstić information content (AvgIpc) is 2.82. The second kappa shape index (κ2) is 4.63. The van der Waals surface area contributed by atoms with E-state index in [1.807, 2.05) is 43.5 Å². The van der Waals surface area contributed by atoms with Gasteiger partial charge in [0.25, 0.3) is 0 Å². The molecule has 18 heavy (non-hydrogen) atoms. The summed E-state index contributed by atoms with van der Waals surface area (Å²) in [6.45, 7) is 6.42. The number of aromatic nitrogens is 2. The van der Waals surface area contributed by atoms with Gasteiger partial charge in [-0.25, -0.2) is 4.79 Å². The molecule has 0 aromatic carbocycles. The molecular weight excluding hydrogens is 230 g/mol. The van der Waals surface area contributed by atoms with Crippen molar-refractivity contribution < 1.29 is 9.53 Å². The van der Waals surface area contributed by atoms with Crippen LogP contribution in [0.5, 0.6) is 0 Å². The summed E-state index contributed by atoms with van der Waals surface area (Å²) in [4.78, 5) is 14.0. The van der Waals surface area contributed by atoms with Crippen LogP contribution >= 0.6 is 0 Å². The topological polar surface area (TPSA) is 47.4 Å². The van der Waals surface area contributed by atoms with Crippen molar-refractivity contribution in [2.75, 3.05) is 6.54 Å². The number of carbonyl (C=O) groups is 1. The second-order valence-electron chi connectivity index (χ2n) is 5.71. The number of nitrogens with zero attached hydrogens (tertiary/aromatic N) is 3.